The summed E-state index contributed by atoms with van der Waals surface area (Å²) in [7, 11) is 1.47. The summed E-state index contributed by atoms with van der Waals surface area (Å²) in [5, 5.41) is 14.4. The minimum atomic E-state index is -0.611. The molecule has 0 bridgehead atoms. The standard InChI is InChI=1S/C27H25FN2O5/c1-16-14-27(2,3)29-23-12-11-20(21-10-7-18(28)13-24(21)34-4)22(25(16)23)15-35-26(31)17-5-8-19(9-6-17)30(32)33/h5-14,29H,15H2,1-4H3. The Labute approximate surface area is 202 Å². The van der Waals surface area contributed by atoms with Gasteiger partial charge in [0, 0.05) is 40.6 Å². The summed E-state index contributed by atoms with van der Waals surface area (Å²) >= 11 is 0. The number of fused-ring (bicyclic) bond motifs is 1. The van der Waals surface area contributed by atoms with Crippen LogP contribution in [0.15, 0.2) is 60.7 Å². The van der Waals surface area contributed by atoms with E-state index in [-0.39, 0.29) is 23.4 Å². The highest BCUT2D eigenvalue weighted by Crippen LogP contribution is 2.42. The first-order chi connectivity index (χ1) is 16.6. The van der Waals surface area contributed by atoms with Gasteiger partial charge in [-0.3, -0.25) is 10.1 Å². The Morgan fingerprint density at radius 1 is 1.09 bits per heavy atom. The molecule has 0 fully saturated rings. The molecule has 1 N–H and O–H groups in total. The molecule has 3 aromatic rings. The minimum Gasteiger partial charge on any atom is -0.496 e. The van der Waals surface area contributed by atoms with E-state index in [0.29, 0.717) is 11.3 Å². The van der Waals surface area contributed by atoms with Crippen molar-refractivity contribution in [2.75, 3.05) is 12.4 Å². The van der Waals surface area contributed by atoms with Gasteiger partial charge in [-0.1, -0.05) is 12.1 Å². The molecule has 0 saturated heterocycles. The van der Waals surface area contributed by atoms with Gasteiger partial charge in [0.2, 0.25) is 0 Å². The molecule has 8 heteroatoms. The summed E-state index contributed by atoms with van der Waals surface area (Å²) in [6.07, 6.45) is 2.10. The maximum Gasteiger partial charge on any atom is 0.338 e. The maximum absolute atomic E-state index is 13.9. The SMILES string of the molecule is COc1cc(F)ccc1-c1ccc2c(c1COC(=O)c1ccc([N+](=O)[O-])cc1)C(C)=CC(C)(C)N2. The number of ether oxygens (including phenoxy) is 2. The van der Waals surface area contributed by atoms with Crippen LogP contribution in [0.4, 0.5) is 15.8 Å². The van der Waals surface area contributed by atoms with Crippen LogP contribution in [0.2, 0.25) is 0 Å². The van der Waals surface area contributed by atoms with E-state index >= 15 is 0 Å². The number of halogens is 1. The second-order valence-corrected chi connectivity index (χ2v) is 8.91. The van der Waals surface area contributed by atoms with Crippen LogP contribution in [-0.4, -0.2) is 23.5 Å². The summed E-state index contributed by atoms with van der Waals surface area (Å²) in [5.41, 5.74) is 4.76. The Morgan fingerprint density at radius 2 is 1.77 bits per heavy atom. The molecule has 0 saturated carbocycles. The fourth-order valence-electron chi connectivity index (χ4n) is 4.43. The van der Waals surface area contributed by atoms with Crippen molar-refractivity contribution in [2.24, 2.45) is 0 Å². The average molecular weight is 477 g/mol. The molecular weight excluding hydrogens is 451 g/mol. The van der Waals surface area contributed by atoms with Gasteiger partial charge in [0.1, 0.15) is 18.2 Å². The number of nitrogens with zero attached hydrogens (tertiary/aromatic N) is 1. The van der Waals surface area contributed by atoms with Crippen molar-refractivity contribution in [2.45, 2.75) is 32.9 Å². The molecule has 0 aromatic heterocycles. The van der Waals surface area contributed by atoms with E-state index in [1.807, 2.05) is 19.1 Å². The van der Waals surface area contributed by atoms with Crippen LogP contribution in [0, 0.1) is 15.9 Å². The molecule has 0 radical (unpaired) electrons. The molecule has 7 nitrogen and oxygen atoms in total. The molecule has 4 rings (SSSR count). The number of hydrogen-bond acceptors (Lipinski definition) is 6. The minimum absolute atomic E-state index is 0.0673. The van der Waals surface area contributed by atoms with Crippen molar-refractivity contribution >= 4 is 22.9 Å². The molecule has 35 heavy (non-hydrogen) atoms. The largest absolute Gasteiger partial charge is 0.496 e. The smallest absolute Gasteiger partial charge is 0.338 e. The van der Waals surface area contributed by atoms with Gasteiger partial charge in [-0.15, -0.1) is 0 Å². The van der Waals surface area contributed by atoms with E-state index in [0.717, 1.165) is 28.0 Å². The van der Waals surface area contributed by atoms with Crippen LogP contribution in [0.3, 0.4) is 0 Å². The molecule has 180 valence electrons. The average Bonchev–Trinajstić information content (AvgIpc) is 2.81. The van der Waals surface area contributed by atoms with Crippen molar-refractivity contribution in [1.82, 2.24) is 0 Å². The third-order valence-electron chi connectivity index (χ3n) is 5.86. The number of nitrogens with one attached hydrogen (secondary N) is 1. The Morgan fingerprint density at radius 3 is 2.43 bits per heavy atom. The number of anilines is 1. The monoisotopic (exact) mass is 476 g/mol. The van der Waals surface area contributed by atoms with Crippen molar-refractivity contribution in [3.63, 3.8) is 0 Å². The zero-order chi connectivity index (χ0) is 25.3. The van der Waals surface area contributed by atoms with Crippen LogP contribution in [0.1, 0.15) is 42.3 Å². The Kier molecular flexibility index (Phi) is 6.30. The molecule has 1 heterocycles. The fourth-order valence-corrected chi connectivity index (χ4v) is 4.43. The van der Waals surface area contributed by atoms with Crippen molar-refractivity contribution in [1.29, 1.82) is 0 Å². The third-order valence-corrected chi connectivity index (χ3v) is 5.86. The third kappa shape index (κ3) is 4.87. The van der Waals surface area contributed by atoms with Gasteiger partial charge in [-0.05, 0) is 62.2 Å². The molecule has 3 aromatic carbocycles. The second kappa shape index (κ2) is 9.21. The highest BCUT2D eigenvalue weighted by atomic mass is 19.1. The number of nitro groups is 1. The van der Waals surface area contributed by atoms with Crippen molar-refractivity contribution in [3.05, 3.63) is 93.3 Å². The van der Waals surface area contributed by atoms with E-state index in [1.54, 1.807) is 6.07 Å². The maximum atomic E-state index is 13.9. The topological polar surface area (TPSA) is 90.7 Å². The molecule has 0 amide bonds. The van der Waals surface area contributed by atoms with Gasteiger partial charge in [-0.25, -0.2) is 9.18 Å². The van der Waals surface area contributed by atoms with Crippen LogP contribution < -0.4 is 10.1 Å². The number of nitro benzene ring substituents is 1. The lowest BCUT2D eigenvalue weighted by atomic mass is 9.85. The van der Waals surface area contributed by atoms with Crippen LogP contribution >= 0.6 is 0 Å². The van der Waals surface area contributed by atoms with Crippen molar-refractivity contribution < 1.29 is 23.6 Å². The number of non-ortho nitro benzene ring substituents is 1. The lowest BCUT2D eigenvalue weighted by Gasteiger charge is -2.33. The summed E-state index contributed by atoms with van der Waals surface area (Å²) < 4.78 is 25.0. The lowest BCUT2D eigenvalue weighted by molar-refractivity contribution is -0.384. The van der Waals surface area contributed by atoms with Gasteiger partial charge in [0.05, 0.1) is 23.1 Å². The van der Waals surface area contributed by atoms with E-state index in [2.05, 4.69) is 25.2 Å². The number of esters is 1. The summed E-state index contributed by atoms with van der Waals surface area (Å²) in [6.45, 7) is 6.05. The predicted molar refractivity (Wildman–Crippen MR) is 132 cm³/mol. The molecule has 1 aliphatic rings. The van der Waals surface area contributed by atoms with Gasteiger partial charge < -0.3 is 14.8 Å². The van der Waals surface area contributed by atoms with E-state index < -0.39 is 16.7 Å². The van der Waals surface area contributed by atoms with E-state index in [1.165, 1.54) is 43.5 Å². The summed E-state index contributed by atoms with van der Waals surface area (Å²) in [4.78, 5) is 23.1. The first kappa shape index (κ1) is 23.9. The molecule has 0 aliphatic carbocycles. The van der Waals surface area contributed by atoms with E-state index in [9.17, 15) is 19.3 Å². The summed E-state index contributed by atoms with van der Waals surface area (Å²) in [5.74, 6) is -0.673. The lowest BCUT2D eigenvalue weighted by Crippen LogP contribution is -2.32. The predicted octanol–water partition coefficient (Wildman–Crippen LogP) is 6.37. The Hall–Kier alpha value is -4.20. The molecular formula is C27H25FN2O5. The first-order valence-corrected chi connectivity index (χ1v) is 11.0. The zero-order valence-electron chi connectivity index (χ0n) is 19.8. The van der Waals surface area contributed by atoms with Crippen LogP contribution in [0.25, 0.3) is 16.7 Å². The molecule has 0 spiro atoms. The Balaban J connectivity index is 1.77. The first-order valence-electron chi connectivity index (χ1n) is 11.0. The van der Waals surface area contributed by atoms with Crippen LogP contribution in [-0.2, 0) is 11.3 Å². The van der Waals surface area contributed by atoms with Gasteiger partial charge >= 0.3 is 5.97 Å². The highest BCUT2D eigenvalue weighted by Gasteiger charge is 2.27. The highest BCUT2D eigenvalue weighted by molar-refractivity contribution is 5.91. The van der Waals surface area contributed by atoms with Crippen LogP contribution in [0.5, 0.6) is 5.75 Å². The fraction of sp³-hybridized carbons (Fsp3) is 0.222. The van der Waals surface area contributed by atoms with Gasteiger partial charge in [0.15, 0.2) is 0 Å². The Bertz CT molecular complexity index is 1350. The normalized spacial score (nSPS) is 13.8. The van der Waals surface area contributed by atoms with Crippen molar-refractivity contribution in [3.8, 4) is 16.9 Å². The van der Waals surface area contributed by atoms with Gasteiger partial charge in [0.25, 0.3) is 5.69 Å². The van der Waals surface area contributed by atoms with E-state index in [4.69, 9.17) is 9.47 Å². The number of methoxy groups -OCH3 is 1. The summed E-state index contributed by atoms with van der Waals surface area (Å²) in [6, 6.07) is 13.4. The van der Waals surface area contributed by atoms with Gasteiger partial charge in [-0.2, -0.15) is 0 Å². The quantitative estimate of drug-likeness (QED) is 0.252. The number of benzene rings is 3. The number of rotatable bonds is 6. The zero-order valence-corrected chi connectivity index (χ0v) is 19.8. The molecule has 1 aliphatic heterocycles. The molecule has 0 atom stereocenters. The number of carbonyl (C=O) groups is 1. The number of carbonyl (C=O) groups excluding carboxylic acids is 1. The number of allylic oxidation sites excluding steroid dienone is 1. The number of hydrogen-bond donors (Lipinski definition) is 1. The second-order valence-electron chi connectivity index (χ2n) is 8.91. The molecule has 0 unspecified atom stereocenters.